The van der Waals surface area contributed by atoms with E-state index in [9.17, 15) is 21.0 Å². The molecule has 0 aromatic rings. The van der Waals surface area contributed by atoms with E-state index in [1.165, 1.54) is 0 Å². The molecule has 0 radical (unpaired) electrons. The summed E-state index contributed by atoms with van der Waals surface area (Å²) in [6.45, 7) is 2.00. The average Bonchev–Trinajstić information content (AvgIpc) is 2.48. The maximum Gasteiger partial charge on any atom is 0.162 e. The minimum absolute atomic E-state index is 0.0316. The van der Waals surface area contributed by atoms with Crippen LogP contribution in [-0.2, 0) is 0 Å². The van der Waals surface area contributed by atoms with Gasteiger partial charge < -0.3 is 0 Å². The third-order valence-corrected chi connectivity index (χ3v) is 4.22. The lowest BCUT2D eigenvalue weighted by molar-refractivity contribution is 0.0650. The largest absolute Gasteiger partial charge is 0.250 e. The molecule has 1 fully saturated rings. The number of nitrogens with one attached hydrogen (secondary N) is 1. The quantitative estimate of drug-likeness (QED) is 0.786. The molecule has 0 amide bonds. The van der Waals surface area contributed by atoms with Gasteiger partial charge in [0.05, 0.1) is 30.3 Å². The highest BCUT2D eigenvalue weighted by Gasteiger charge is 2.57. The molecule has 0 aliphatic heterocycles. The summed E-state index contributed by atoms with van der Waals surface area (Å²) in [5.41, 5.74) is 0.499. The van der Waals surface area contributed by atoms with Gasteiger partial charge >= 0.3 is 0 Å². The van der Waals surface area contributed by atoms with Crippen LogP contribution >= 0.6 is 0 Å². The van der Waals surface area contributed by atoms with Gasteiger partial charge in [0.1, 0.15) is 5.41 Å². The number of hydrogen-bond acceptors (Lipinski definition) is 6. The standard InChI is InChI=1S/C15H20N6/c1-4-5-12-6-13(20-21(2)3)15(10-18,11-19)7-14(12,8-16)9-17/h12-13,20H,4-7H2,1-3H3. The Bertz CT molecular complexity index is 510. The fourth-order valence-electron chi connectivity index (χ4n) is 3.13. The van der Waals surface area contributed by atoms with Crippen molar-refractivity contribution in [1.82, 2.24) is 10.4 Å². The number of nitrogens with zero attached hydrogens (tertiary/aromatic N) is 5. The molecule has 0 heterocycles. The average molecular weight is 284 g/mol. The van der Waals surface area contributed by atoms with Crippen molar-refractivity contribution in [3.05, 3.63) is 0 Å². The van der Waals surface area contributed by atoms with E-state index in [-0.39, 0.29) is 18.4 Å². The molecule has 0 aromatic carbocycles. The van der Waals surface area contributed by atoms with E-state index < -0.39 is 10.8 Å². The summed E-state index contributed by atoms with van der Waals surface area (Å²) in [6.07, 6.45) is 2.03. The molecule has 2 atom stereocenters. The summed E-state index contributed by atoms with van der Waals surface area (Å²) in [5, 5.41) is 39.8. The Morgan fingerprint density at radius 3 is 1.95 bits per heavy atom. The Morgan fingerprint density at radius 2 is 1.57 bits per heavy atom. The molecule has 0 aromatic heterocycles. The Labute approximate surface area is 126 Å². The molecule has 0 saturated heterocycles. The molecule has 0 spiro atoms. The van der Waals surface area contributed by atoms with Crippen LogP contribution in [0.4, 0.5) is 0 Å². The molecule has 1 aliphatic rings. The highest BCUT2D eigenvalue weighted by Crippen LogP contribution is 2.50. The molecule has 1 saturated carbocycles. The van der Waals surface area contributed by atoms with Crippen LogP contribution in [-0.4, -0.2) is 25.1 Å². The SMILES string of the molecule is CCCC1CC(NN(C)C)C(C#N)(C#N)CC1(C#N)C#N. The number of nitriles is 4. The van der Waals surface area contributed by atoms with E-state index in [0.717, 1.165) is 12.8 Å². The maximum atomic E-state index is 9.51. The normalized spacial score (nSPS) is 26.1. The first-order valence-corrected chi connectivity index (χ1v) is 7.02. The summed E-state index contributed by atoms with van der Waals surface area (Å²) >= 11 is 0. The van der Waals surface area contributed by atoms with Crippen molar-refractivity contribution in [3.8, 4) is 24.3 Å². The van der Waals surface area contributed by atoms with E-state index in [1.54, 1.807) is 19.1 Å². The summed E-state index contributed by atoms with van der Waals surface area (Å²) in [5.74, 6) is -0.134. The van der Waals surface area contributed by atoms with Crippen LogP contribution < -0.4 is 5.43 Å². The second-order valence-electron chi connectivity index (χ2n) is 5.86. The van der Waals surface area contributed by atoms with E-state index in [2.05, 4.69) is 29.7 Å². The van der Waals surface area contributed by atoms with Crippen molar-refractivity contribution in [2.45, 2.75) is 38.6 Å². The van der Waals surface area contributed by atoms with Gasteiger partial charge in [-0.1, -0.05) is 13.3 Å². The lowest BCUT2D eigenvalue weighted by Gasteiger charge is -2.45. The van der Waals surface area contributed by atoms with Crippen LogP contribution in [0.15, 0.2) is 0 Å². The fourth-order valence-corrected chi connectivity index (χ4v) is 3.13. The second kappa shape index (κ2) is 6.55. The molecule has 2 unspecified atom stereocenters. The first kappa shape index (κ1) is 16.9. The van der Waals surface area contributed by atoms with Gasteiger partial charge in [0.15, 0.2) is 5.41 Å². The van der Waals surface area contributed by atoms with Crippen LogP contribution in [0.5, 0.6) is 0 Å². The molecule has 6 heteroatoms. The predicted molar refractivity (Wildman–Crippen MR) is 75.6 cm³/mol. The van der Waals surface area contributed by atoms with Crippen molar-refractivity contribution >= 4 is 0 Å². The Kier molecular flexibility index (Phi) is 5.28. The van der Waals surface area contributed by atoms with E-state index in [1.807, 2.05) is 6.92 Å². The predicted octanol–water partition coefficient (Wildman–Crippen LogP) is 1.70. The lowest BCUT2D eigenvalue weighted by atomic mass is 9.56. The molecule has 21 heavy (non-hydrogen) atoms. The Hall–Kier alpha value is -2.12. The fraction of sp³-hybridized carbons (Fsp3) is 0.733. The third kappa shape index (κ3) is 2.98. The minimum atomic E-state index is -1.36. The minimum Gasteiger partial charge on any atom is -0.250 e. The molecule has 110 valence electrons. The highest BCUT2D eigenvalue weighted by atomic mass is 15.5. The maximum absolute atomic E-state index is 9.51. The first-order chi connectivity index (χ1) is 9.93. The van der Waals surface area contributed by atoms with E-state index in [4.69, 9.17) is 0 Å². The molecule has 1 aliphatic carbocycles. The van der Waals surface area contributed by atoms with Gasteiger partial charge in [-0.2, -0.15) is 21.0 Å². The van der Waals surface area contributed by atoms with Gasteiger partial charge in [0.2, 0.25) is 0 Å². The lowest BCUT2D eigenvalue weighted by Crippen LogP contribution is -2.57. The van der Waals surface area contributed by atoms with Gasteiger partial charge in [-0.05, 0) is 18.8 Å². The first-order valence-electron chi connectivity index (χ1n) is 7.02. The molecule has 6 nitrogen and oxygen atoms in total. The van der Waals surface area contributed by atoms with Gasteiger partial charge in [0, 0.05) is 20.5 Å². The van der Waals surface area contributed by atoms with Crippen LogP contribution in [0.3, 0.4) is 0 Å². The van der Waals surface area contributed by atoms with Crippen LogP contribution in [0, 0.1) is 62.1 Å². The van der Waals surface area contributed by atoms with E-state index >= 15 is 0 Å². The van der Waals surface area contributed by atoms with Crippen LogP contribution in [0.2, 0.25) is 0 Å². The van der Waals surface area contributed by atoms with Gasteiger partial charge in [-0.25, -0.2) is 5.43 Å². The Morgan fingerprint density at radius 1 is 1.05 bits per heavy atom. The van der Waals surface area contributed by atoms with Crippen molar-refractivity contribution in [2.24, 2.45) is 16.7 Å². The molecular formula is C15H20N6. The molecular weight excluding hydrogens is 264 g/mol. The topological polar surface area (TPSA) is 110 Å². The monoisotopic (exact) mass is 284 g/mol. The summed E-state index contributed by atoms with van der Waals surface area (Å²) < 4.78 is 0. The van der Waals surface area contributed by atoms with Crippen molar-refractivity contribution < 1.29 is 0 Å². The third-order valence-electron chi connectivity index (χ3n) is 4.22. The Balaban J connectivity index is 3.29. The summed E-state index contributed by atoms with van der Waals surface area (Å²) in [4.78, 5) is 0. The van der Waals surface area contributed by atoms with Crippen molar-refractivity contribution in [2.75, 3.05) is 14.1 Å². The molecule has 1 rings (SSSR count). The smallest absolute Gasteiger partial charge is 0.162 e. The van der Waals surface area contributed by atoms with E-state index in [0.29, 0.717) is 6.42 Å². The van der Waals surface area contributed by atoms with Gasteiger partial charge in [-0.15, -0.1) is 0 Å². The zero-order valence-electron chi connectivity index (χ0n) is 12.7. The van der Waals surface area contributed by atoms with Crippen molar-refractivity contribution in [1.29, 1.82) is 21.0 Å². The number of hydrogen-bond donors (Lipinski definition) is 1. The number of rotatable bonds is 4. The van der Waals surface area contributed by atoms with Crippen molar-refractivity contribution in [3.63, 3.8) is 0 Å². The molecule has 0 bridgehead atoms. The zero-order chi connectivity index (χ0) is 16.1. The van der Waals surface area contributed by atoms with Crippen LogP contribution in [0.1, 0.15) is 32.6 Å². The second-order valence-corrected chi connectivity index (χ2v) is 5.86. The highest BCUT2D eigenvalue weighted by molar-refractivity contribution is 5.31. The van der Waals surface area contributed by atoms with Gasteiger partial charge in [-0.3, -0.25) is 5.01 Å². The zero-order valence-corrected chi connectivity index (χ0v) is 12.7. The summed E-state index contributed by atoms with van der Waals surface area (Å²) in [7, 11) is 3.59. The summed E-state index contributed by atoms with van der Waals surface area (Å²) in [6, 6.07) is 7.92. The molecule has 1 N–H and O–H groups in total. The van der Waals surface area contributed by atoms with Crippen LogP contribution in [0.25, 0.3) is 0 Å². The van der Waals surface area contributed by atoms with Gasteiger partial charge in [0.25, 0.3) is 0 Å². The number of hydrazine groups is 1.